The molecule has 0 aromatic rings. The molecule has 8 heteroatoms. The van der Waals surface area contributed by atoms with Crippen molar-refractivity contribution in [1.29, 1.82) is 0 Å². The third-order valence-corrected chi connectivity index (χ3v) is 8.52. The maximum Gasteiger partial charge on any atom is 0.309 e. The van der Waals surface area contributed by atoms with Gasteiger partial charge in [0.05, 0.1) is 13.0 Å². The summed E-state index contributed by atoms with van der Waals surface area (Å²) in [5.74, 6) is -1.58. The van der Waals surface area contributed by atoms with E-state index in [0.29, 0.717) is 25.9 Å². The zero-order valence-corrected chi connectivity index (χ0v) is 28.0. The van der Waals surface area contributed by atoms with E-state index in [-0.39, 0.29) is 24.8 Å². The Morgan fingerprint density at radius 3 is 2.02 bits per heavy atom. The van der Waals surface area contributed by atoms with E-state index in [1.54, 1.807) is 13.8 Å². The summed E-state index contributed by atoms with van der Waals surface area (Å²) in [6, 6.07) is 0. The van der Waals surface area contributed by atoms with Gasteiger partial charge < -0.3 is 24.8 Å². The highest BCUT2D eigenvalue weighted by Crippen LogP contribution is 2.35. The fourth-order valence-electron chi connectivity index (χ4n) is 5.84. The largest absolute Gasteiger partial charge is 0.439 e. The summed E-state index contributed by atoms with van der Waals surface area (Å²) in [4.78, 5) is 38.2. The van der Waals surface area contributed by atoms with Crippen LogP contribution in [0.15, 0.2) is 12.2 Å². The van der Waals surface area contributed by atoms with Crippen molar-refractivity contribution in [3.8, 4) is 0 Å². The molecule has 0 aromatic heterocycles. The molecule has 0 bridgehead atoms. The number of allylic oxidation sites excluding steroid dienone is 2. The van der Waals surface area contributed by atoms with Gasteiger partial charge in [-0.1, -0.05) is 84.3 Å². The van der Waals surface area contributed by atoms with E-state index >= 15 is 0 Å². The van der Waals surface area contributed by atoms with E-state index in [0.717, 1.165) is 38.5 Å². The molecule has 1 atom stereocenters. The number of rotatable bonds is 21. The van der Waals surface area contributed by atoms with Crippen LogP contribution in [0.4, 0.5) is 0 Å². The van der Waals surface area contributed by atoms with Crippen LogP contribution in [0, 0.1) is 5.41 Å². The van der Waals surface area contributed by atoms with Crippen LogP contribution in [0.2, 0.25) is 0 Å². The molecule has 0 aromatic carbocycles. The minimum atomic E-state index is -0.921. The molecule has 1 saturated carbocycles. The molecule has 2 N–H and O–H groups in total. The number of esters is 1. The number of hydrogen-bond acceptors (Lipinski definition) is 6. The highest BCUT2D eigenvalue weighted by atomic mass is 16.7. The van der Waals surface area contributed by atoms with Gasteiger partial charge in [0.2, 0.25) is 11.8 Å². The molecule has 0 radical (unpaired) electrons. The second kappa shape index (κ2) is 19.5. The molecule has 8 nitrogen and oxygen atoms in total. The summed E-state index contributed by atoms with van der Waals surface area (Å²) in [7, 11) is 0. The number of carbonyl (C=O) groups excluding carboxylic acids is 3. The minimum Gasteiger partial charge on any atom is -0.439 e. The van der Waals surface area contributed by atoms with Crippen molar-refractivity contribution in [2.24, 2.45) is 5.41 Å². The average Bonchev–Trinajstić information content (AvgIpc) is 3.39. The summed E-state index contributed by atoms with van der Waals surface area (Å²) in [6.07, 6.45) is 23.4. The summed E-state index contributed by atoms with van der Waals surface area (Å²) in [6.45, 7) is 10.2. The quantitative estimate of drug-likeness (QED) is 0.0602. The Morgan fingerprint density at radius 1 is 0.814 bits per heavy atom. The number of amides is 2. The molecule has 2 fully saturated rings. The van der Waals surface area contributed by atoms with Gasteiger partial charge in [0.1, 0.15) is 6.10 Å². The standard InChI is InChI=1S/C35H62N2O6/c1-6-7-8-9-10-11-12-13-14-15-16-17-18-19-20-23-29(38)37-35(25-21-22-26-35)42-30(39)24-27-36-32(40)31-33(2,3)28-41-34(4,5)43-31/h13-14,31H,6-12,15-28H2,1-5H3,(H,36,40)(H,37,38). The van der Waals surface area contributed by atoms with Crippen LogP contribution in [0.1, 0.15) is 157 Å². The molecule has 1 unspecified atom stereocenters. The minimum absolute atomic E-state index is 0.0324. The van der Waals surface area contributed by atoms with E-state index < -0.39 is 29.0 Å². The zero-order valence-electron chi connectivity index (χ0n) is 28.0. The zero-order chi connectivity index (χ0) is 31.6. The first-order valence-corrected chi connectivity index (χ1v) is 17.3. The topological polar surface area (TPSA) is 103 Å². The summed E-state index contributed by atoms with van der Waals surface area (Å²) < 4.78 is 17.4. The first kappa shape index (κ1) is 37.3. The lowest BCUT2D eigenvalue weighted by molar-refractivity contribution is -0.304. The van der Waals surface area contributed by atoms with Crippen LogP contribution in [0.5, 0.6) is 0 Å². The number of unbranched alkanes of at least 4 members (excludes halogenated alkanes) is 11. The van der Waals surface area contributed by atoms with Crippen LogP contribution in [-0.2, 0) is 28.6 Å². The summed E-state index contributed by atoms with van der Waals surface area (Å²) >= 11 is 0. The van der Waals surface area contributed by atoms with Gasteiger partial charge in [0, 0.05) is 31.2 Å². The molecular weight excluding hydrogens is 544 g/mol. The highest BCUT2D eigenvalue weighted by molar-refractivity contribution is 5.82. The fourth-order valence-corrected chi connectivity index (χ4v) is 5.84. The lowest BCUT2D eigenvalue weighted by atomic mass is 9.85. The van der Waals surface area contributed by atoms with E-state index in [1.165, 1.54) is 57.8 Å². The van der Waals surface area contributed by atoms with Gasteiger partial charge in [-0.2, -0.15) is 0 Å². The van der Waals surface area contributed by atoms with Crippen molar-refractivity contribution in [1.82, 2.24) is 10.6 Å². The second-order valence-corrected chi connectivity index (χ2v) is 13.8. The Balaban J connectivity index is 1.58. The molecule has 248 valence electrons. The Bertz CT molecular complexity index is 862. The highest BCUT2D eigenvalue weighted by Gasteiger charge is 2.45. The maximum atomic E-state index is 12.8. The predicted molar refractivity (Wildman–Crippen MR) is 171 cm³/mol. The van der Waals surface area contributed by atoms with Gasteiger partial charge in [-0.3, -0.25) is 14.4 Å². The van der Waals surface area contributed by atoms with Gasteiger partial charge in [0.15, 0.2) is 11.5 Å². The molecule has 43 heavy (non-hydrogen) atoms. The molecule has 0 spiro atoms. The van der Waals surface area contributed by atoms with Gasteiger partial charge in [-0.25, -0.2) is 0 Å². The van der Waals surface area contributed by atoms with E-state index in [1.807, 2.05) is 13.8 Å². The second-order valence-electron chi connectivity index (χ2n) is 13.8. The molecule has 2 rings (SSSR count). The summed E-state index contributed by atoms with van der Waals surface area (Å²) in [5, 5.41) is 5.85. The number of nitrogens with one attached hydrogen (secondary N) is 2. The third-order valence-electron chi connectivity index (χ3n) is 8.52. The summed E-state index contributed by atoms with van der Waals surface area (Å²) in [5.41, 5.74) is -1.40. The van der Waals surface area contributed by atoms with Crippen molar-refractivity contribution in [2.45, 2.75) is 174 Å². The number of hydrogen-bond donors (Lipinski definition) is 2. The van der Waals surface area contributed by atoms with Gasteiger partial charge in [-0.05, 0) is 58.8 Å². The van der Waals surface area contributed by atoms with Crippen LogP contribution in [0.3, 0.4) is 0 Å². The molecule has 1 aliphatic heterocycles. The fraction of sp³-hybridized carbons (Fsp3) is 0.857. The first-order chi connectivity index (χ1) is 20.5. The first-order valence-electron chi connectivity index (χ1n) is 17.3. The molecule has 2 aliphatic rings. The van der Waals surface area contributed by atoms with E-state index in [2.05, 4.69) is 29.7 Å². The molecule has 1 saturated heterocycles. The third kappa shape index (κ3) is 15.1. The van der Waals surface area contributed by atoms with Gasteiger partial charge in [0.25, 0.3) is 0 Å². The lowest BCUT2D eigenvalue weighted by Crippen LogP contribution is -2.56. The van der Waals surface area contributed by atoms with Crippen molar-refractivity contribution in [3.05, 3.63) is 12.2 Å². The number of carbonyl (C=O) groups is 3. The lowest BCUT2D eigenvalue weighted by Gasteiger charge is -2.44. The normalized spacial score (nSPS) is 20.6. The van der Waals surface area contributed by atoms with Gasteiger partial charge >= 0.3 is 5.97 Å². The van der Waals surface area contributed by atoms with Crippen LogP contribution in [0.25, 0.3) is 0 Å². The molecular formula is C35H62N2O6. The Labute approximate surface area is 261 Å². The van der Waals surface area contributed by atoms with Crippen LogP contribution in [-0.4, -0.2) is 48.6 Å². The van der Waals surface area contributed by atoms with Crippen molar-refractivity contribution in [2.75, 3.05) is 13.2 Å². The molecule has 1 heterocycles. The average molecular weight is 607 g/mol. The van der Waals surface area contributed by atoms with E-state index in [9.17, 15) is 14.4 Å². The SMILES string of the molecule is CCCCCCCCC=CCCCCCCCC(=O)NC1(OC(=O)CCNC(=O)C2OC(C)(C)OCC2(C)C)CCCC1. The Hall–Kier alpha value is -1.93. The van der Waals surface area contributed by atoms with Crippen LogP contribution >= 0.6 is 0 Å². The predicted octanol–water partition coefficient (Wildman–Crippen LogP) is 7.64. The van der Waals surface area contributed by atoms with Gasteiger partial charge in [-0.15, -0.1) is 0 Å². The maximum absolute atomic E-state index is 12.8. The van der Waals surface area contributed by atoms with Crippen molar-refractivity contribution < 1.29 is 28.6 Å². The van der Waals surface area contributed by atoms with Crippen molar-refractivity contribution >= 4 is 17.8 Å². The molecule has 2 amide bonds. The smallest absolute Gasteiger partial charge is 0.309 e. The monoisotopic (exact) mass is 606 g/mol. The molecule has 1 aliphatic carbocycles. The van der Waals surface area contributed by atoms with Crippen molar-refractivity contribution in [3.63, 3.8) is 0 Å². The van der Waals surface area contributed by atoms with E-state index in [4.69, 9.17) is 14.2 Å². The Kier molecular flexibility index (Phi) is 16.9. The number of ether oxygens (including phenoxy) is 3. The van der Waals surface area contributed by atoms with Crippen LogP contribution < -0.4 is 10.6 Å². The Morgan fingerprint density at radius 2 is 1.40 bits per heavy atom.